The van der Waals surface area contributed by atoms with E-state index in [-0.39, 0.29) is 10.4 Å². The maximum absolute atomic E-state index is 13.1. The second-order valence-corrected chi connectivity index (χ2v) is 9.47. The lowest BCUT2D eigenvalue weighted by atomic mass is 10.3. The standard InChI is InChI=1S/C19H29N5O3S/c1-23(14-16-12-20-8-9-21-16)15-17-13-22-19(24(17)10-5-11-27-2)28(25,26)18-6-3-4-7-18/h8-9,12-13,18H,3-7,10-11,14-15H2,1-2H3. The molecule has 2 aromatic heterocycles. The summed E-state index contributed by atoms with van der Waals surface area (Å²) in [5.41, 5.74) is 1.76. The van der Waals surface area contributed by atoms with Crippen LogP contribution in [-0.2, 0) is 34.2 Å². The summed E-state index contributed by atoms with van der Waals surface area (Å²) in [5.74, 6) is 0. The van der Waals surface area contributed by atoms with Crippen LogP contribution in [0.2, 0.25) is 0 Å². The van der Waals surface area contributed by atoms with E-state index < -0.39 is 9.84 Å². The first-order chi connectivity index (χ1) is 13.5. The van der Waals surface area contributed by atoms with Gasteiger partial charge in [-0.15, -0.1) is 0 Å². The van der Waals surface area contributed by atoms with Gasteiger partial charge in [0.15, 0.2) is 0 Å². The fraction of sp³-hybridized carbons (Fsp3) is 0.632. The Balaban J connectivity index is 1.80. The number of imidazole rings is 1. The van der Waals surface area contributed by atoms with Crippen molar-refractivity contribution in [1.82, 2.24) is 24.4 Å². The molecule has 0 bridgehead atoms. The Bertz CT molecular complexity index is 848. The Labute approximate surface area is 166 Å². The smallest absolute Gasteiger partial charge is 0.228 e. The Morgan fingerprint density at radius 1 is 1.18 bits per heavy atom. The highest BCUT2D eigenvalue weighted by atomic mass is 32.2. The van der Waals surface area contributed by atoms with Crippen LogP contribution < -0.4 is 0 Å². The molecule has 3 rings (SSSR count). The van der Waals surface area contributed by atoms with Crippen LogP contribution in [-0.4, -0.2) is 58.9 Å². The summed E-state index contributed by atoms with van der Waals surface area (Å²) < 4.78 is 33.3. The van der Waals surface area contributed by atoms with Gasteiger partial charge in [0.25, 0.3) is 0 Å². The summed E-state index contributed by atoms with van der Waals surface area (Å²) in [6.45, 7) is 2.36. The van der Waals surface area contributed by atoms with Crippen molar-refractivity contribution in [3.05, 3.63) is 36.2 Å². The Hall–Kier alpha value is -1.84. The highest BCUT2D eigenvalue weighted by molar-refractivity contribution is 7.91. The number of nitrogens with zero attached hydrogens (tertiary/aromatic N) is 5. The van der Waals surface area contributed by atoms with Crippen LogP contribution in [0.25, 0.3) is 0 Å². The lowest BCUT2D eigenvalue weighted by molar-refractivity contribution is 0.188. The van der Waals surface area contributed by atoms with E-state index in [1.54, 1.807) is 31.9 Å². The molecule has 1 fully saturated rings. The molecule has 8 nitrogen and oxygen atoms in total. The molecule has 0 amide bonds. The van der Waals surface area contributed by atoms with E-state index in [2.05, 4.69) is 19.9 Å². The normalized spacial score (nSPS) is 15.5. The van der Waals surface area contributed by atoms with Crippen LogP contribution in [0.15, 0.2) is 29.9 Å². The van der Waals surface area contributed by atoms with Crippen molar-refractivity contribution in [2.75, 3.05) is 20.8 Å². The van der Waals surface area contributed by atoms with Crippen molar-refractivity contribution < 1.29 is 13.2 Å². The Kier molecular flexibility index (Phi) is 7.14. The van der Waals surface area contributed by atoms with Gasteiger partial charge in [-0.2, -0.15) is 0 Å². The number of hydrogen-bond acceptors (Lipinski definition) is 7. The van der Waals surface area contributed by atoms with Gasteiger partial charge in [-0.25, -0.2) is 13.4 Å². The molecule has 0 unspecified atom stereocenters. The first kappa shape index (κ1) is 20.9. The number of hydrogen-bond donors (Lipinski definition) is 0. The molecule has 0 atom stereocenters. The molecule has 1 aliphatic carbocycles. The van der Waals surface area contributed by atoms with E-state index >= 15 is 0 Å². The highest BCUT2D eigenvalue weighted by Gasteiger charge is 2.34. The van der Waals surface area contributed by atoms with Gasteiger partial charge in [-0.3, -0.25) is 14.9 Å². The summed E-state index contributed by atoms with van der Waals surface area (Å²) in [4.78, 5) is 14.8. The summed E-state index contributed by atoms with van der Waals surface area (Å²) in [5, 5.41) is -0.0975. The van der Waals surface area contributed by atoms with Gasteiger partial charge in [-0.05, 0) is 26.3 Å². The fourth-order valence-electron chi connectivity index (χ4n) is 3.72. The van der Waals surface area contributed by atoms with Gasteiger partial charge in [0.05, 0.1) is 22.8 Å². The second-order valence-electron chi connectivity index (χ2n) is 7.35. The van der Waals surface area contributed by atoms with Crippen molar-refractivity contribution in [2.45, 2.75) is 62.1 Å². The molecule has 0 spiro atoms. The highest BCUT2D eigenvalue weighted by Crippen LogP contribution is 2.29. The lowest BCUT2D eigenvalue weighted by Gasteiger charge is -2.19. The first-order valence-corrected chi connectivity index (χ1v) is 11.3. The predicted molar refractivity (Wildman–Crippen MR) is 105 cm³/mol. The van der Waals surface area contributed by atoms with Crippen LogP contribution in [0.3, 0.4) is 0 Å². The quantitative estimate of drug-likeness (QED) is 0.557. The second kappa shape index (κ2) is 9.58. The van der Waals surface area contributed by atoms with Crippen LogP contribution in [0.4, 0.5) is 0 Å². The van der Waals surface area contributed by atoms with Crippen LogP contribution >= 0.6 is 0 Å². The molecule has 0 N–H and O–H groups in total. The molecule has 2 aromatic rings. The maximum Gasteiger partial charge on any atom is 0.228 e. The van der Waals surface area contributed by atoms with Gasteiger partial charge in [-0.1, -0.05) is 12.8 Å². The molecule has 0 radical (unpaired) electrons. The first-order valence-electron chi connectivity index (χ1n) is 9.73. The number of ether oxygens (including phenoxy) is 1. The number of rotatable bonds is 10. The van der Waals surface area contributed by atoms with Crippen molar-refractivity contribution in [3.63, 3.8) is 0 Å². The van der Waals surface area contributed by atoms with Crippen LogP contribution in [0, 0.1) is 0 Å². The molecule has 2 heterocycles. The molecule has 1 aliphatic rings. The molecule has 0 saturated heterocycles. The summed E-state index contributed by atoms with van der Waals surface area (Å²) >= 11 is 0. The van der Waals surface area contributed by atoms with Gasteiger partial charge < -0.3 is 9.30 Å². The molecule has 154 valence electrons. The molecule has 28 heavy (non-hydrogen) atoms. The molecular weight excluding hydrogens is 378 g/mol. The van der Waals surface area contributed by atoms with Crippen LogP contribution in [0.5, 0.6) is 0 Å². The Morgan fingerprint density at radius 3 is 2.64 bits per heavy atom. The van der Waals surface area contributed by atoms with E-state index in [1.807, 2.05) is 11.6 Å². The van der Waals surface area contributed by atoms with E-state index in [0.29, 0.717) is 26.2 Å². The number of aromatic nitrogens is 4. The topological polar surface area (TPSA) is 90.2 Å². The largest absolute Gasteiger partial charge is 0.385 e. The molecule has 1 saturated carbocycles. The summed E-state index contributed by atoms with van der Waals surface area (Å²) in [6, 6.07) is 0. The monoisotopic (exact) mass is 407 g/mol. The van der Waals surface area contributed by atoms with Gasteiger partial charge in [0.1, 0.15) is 0 Å². The van der Waals surface area contributed by atoms with Gasteiger partial charge >= 0.3 is 0 Å². The predicted octanol–water partition coefficient (Wildman–Crippen LogP) is 2.06. The minimum Gasteiger partial charge on any atom is -0.385 e. The zero-order valence-electron chi connectivity index (χ0n) is 16.6. The molecule has 9 heteroatoms. The number of sulfone groups is 1. The average Bonchev–Trinajstić information content (AvgIpc) is 3.34. The van der Waals surface area contributed by atoms with Crippen molar-refractivity contribution in [3.8, 4) is 0 Å². The fourth-order valence-corrected chi connectivity index (χ4v) is 5.69. The van der Waals surface area contributed by atoms with Gasteiger partial charge in [0.2, 0.25) is 15.0 Å². The maximum atomic E-state index is 13.1. The SMILES string of the molecule is COCCCn1c(CN(C)Cc2cnccn2)cnc1S(=O)(=O)C1CCCC1. The zero-order valence-corrected chi connectivity index (χ0v) is 17.4. The van der Waals surface area contributed by atoms with E-state index in [4.69, 9.17) is 4.74 Å². The van der Waals surface area contributed by atoms with E-state index in [1.165, 1.54) is 0 Å². The van der Waals surface area contributed by atoms with Crippen molar-refractivity contribution in [1.29, 1.82) is 0 Å². The third-order valence-corrected chi connectivity index (χ3v) is 7.29. The molecule has 0 aliphatic heterocycles. The average molecular weight is 408 g/mol. The van der Waals surface area contributed by atoms with E-state index in [0.717, 1.165) is 43.5 Å². The van der Waals surface area contributed by atoms with E-state index in [9.17, 15) is 8.42 Å². The minimum atomic E-state index is -3.41. The molecular formula is C19H29N5O3S. The third kappa shape index (κ3) is 4.95. The van der Waals surface area contributed by atoms with Gasteiger partial charge in [0, 0.05) is 51.9 Å². The zero-order chi connectivity index (χ0) is 20.0. The number of methoxy groups -OCH3 is 1. The molecule has 0 aromatic carbocycles. The summed E-state index contributed by atoms with van der Waals surface area (Å²) in [6.07, 6.45) is 10.9. The van der Waals surface area contributed by atoms with Crippen molar-refractivity contribution >= 4 is 9.84 Å². The Morgan fingerprint density at radius 2 is 1.96 bits per heavy atom. The lowest BCUT2D eigenvalue weighted by Crippen LogP contribution is -2.25. The third-order valence-electron chi connectivity index (χ3n) is 5.11. The van der Waals surface area contributed by atoms with Crippen molar-refractivity contribution in [2.24, 2.45) is 0 Å². The minimum absolute atomic E-state index is 0.207. The summed E-state index contributed by atoms with van der Waals surface area (Å²) in [7, 11) is 0.221. The van der Waals surface area contributed by atoms with Crippen LogP contribution in [0.1, 0.15) is 43.5 Å².